The van der Waals surface area contributed by atoms with Gasteiger partial charge in [-0.2, -0.15) is 5.10 Å². The zero-order valence-electron chi connectivity index (χ0n) is 18.5. The minimum absolute atomic E-state index is 0.140. The van der Waals surface area contributed by atoms with Crippen molar-refractivity contribution < 1.29 is 14.4 Å². The van der Waals surface area contributed by atoms with Gasteiger partial charge in [0.25, 0.3) is 0 Å². The van der Waals surface area contributed by atoms with E-state index in [1.807, 2.05) is 24.3 Å². The number of nitrogens with zero attached hydrogens (tertiary/aromatic N) is 4. The monoisotopic (exact) mass is 439 g/mol. The Bertz CT molecular complexity index is 1020. The molecule has 10 nitrogen and oxygen atoms in total. The number of anilines is 2. The van der Waals surface area contributed by atoms with E-state index in [4.69, 9.17) is 5.10 Å². The van der Waals surface area contributed by atoms with E-state index in [1.165, 1.54) is 6.92 Å². The number of unbranched alkanes of at least 4 members (excludes halogenated alkanes) is 1. The molecule has 1 aromatic heterocycles. The minimum Gasteiger partial charge on any atom is -0.337 e. The summed E-state index contributed by atoms with van der Waals surface area (Å²) < 4.78 is 1.71. The van der Waals surface area contributed by atoms with Gasteiger partial charge < -0.3 is 15.5 Å². The van der Waals surface area contributed by atoms with Crippen molar-refractivity contribution in [3.63, 3.8) is 0 Å². The topological polar surface area (TPSA) is 112 Å². The van der Waals surface area contributed by atoms with Crippen LogP contribution >= 0.6 is 0 Å². The molecule has 0 aliphatic carbocycles. The predicted molar refractivity (Wildman–Crippen MR) is 120 cm³/mol. The van der Waals surface area contributed by atoms with Crippen LogP contribution in [0.2, 0.25) is 0 Å². The lowest BCUT2D eigenvalue weighted by Crippen LogP contribution is -2.45. The summed E-state index contributed by atoms with van der Waals surface area (Å²) in [7, 11) is 0. The molecule has 3 N–H and O–H groups in total. The van der Waals surface area contributed by atoms with E-state index in [-0.39, 0.29) is 17.8 Å². The third kappa shape index (κ3) is 4.59. The van der Waals surface area contributed by atoms with Crippen LogP contribution in [0.25, 0.3) is 5.69 Å². The number of rotatable bonds is 7. The molecule has 0 spiro atoms. The lowest BCUT2D eigenvalue weighted by atomic mass is 10.2. The van der Waals surface area contributed by atoms with Crippen LogP contribution in [-0.2, 0) is 22.7 Å². The highest BCUT2D eigenvalue weighted by atomic mass is 16.2. The van der Waals surface area contributed by atoms with Crippen LogP contribution in [-0.4, -0.2) is 45.7 Å². The fourth-order valence-corrected chi connectivity index (χ4v) is 4.03. The van der Waals surface area contributed by atoms with Gasteiger partial charge in [0.1, 0.15) is 5.82 Å². The first-order chi connectivity index (χ1) is 15.5. The first-order valence-electron chi connectivity index (χ1n) is 11.0. The zero-order valence-corrected chi connectivity index (χ0v) is 18.5. The van der Waals surface area contributed by atoms with Gasteiger partial charge >= 0.3 is 6.03 Å². The molecule has 0 saturated carbocycles. The summed E-state index contributed by atoms with van der Waals surface area (Å²) in [5.74, 6) is 0.534. The molecule has 2 aromatic rings. The second-order valence-electron chi connectivity index (χ2n) is 8.11. The third-order valence-corrected chi connectivity index (χ3v) is 5.61. The average molecular weight is 440 g/mol. The largest absolute Gasteiger partial charge is 0.337 e. The highest BCUT2D eigenvalue weighted by Crippen LogP contribution is 2.31. The number of nitrogens with one attached hydrogen (secondary N) is 3. The van der Waals surface area contributed by atoms with E-state index in [2.05, 4.69) is 23.0 Å². The van der Waals surface area contributed by atoms with Gasteiger partial charge in [-0.15, -0.1) is 0 Å². The average Bonchev–Trinajstić information content (AvgIpc) is 3.44. The van der Waals surface area contributed by atoms with Gasteiger partial charge in [-0.3, -0.25) is 15.0 Å². The predicted octanol–water partition coefficient (Wildman–Crippen LogP) is 2.29. The highest BCUT2D eigenvalue weighted by Gasteiger charge is 2.30. The molecule has 10 heteroatoms. The summed E-state index contributed by atoms with van der Waals surface area (Å²) in [5, 5.41) is 12.2. The number of aromatic nitrogens is 2. The number of carbonyl (C=O) groups is 3. The molecule has 0 unspecified atom stereocenters. The molecule has 0 atom stereocenters. The van der Waals surface area contributed by atoms with Crippen molar-refractivity contribution in [3.05, 3.63) is 35.5 Å². The van der Waals surface area contributed by atoms with Gasteiger partial charge in [0.15, 0.2) is 0 Å². The van der Waals surface area contributed by atoms with Gasteiger partial charge in [-0.05, 0) is 37.1 Å². The molecule has 0 bridgehead atoms. The molecule has 2 aliphatic heterocycles. The molecule has 4 amide bonds. The molecule has 0 radical (unpaired) electrons. The molecule has 1 saturated heterocycles. The van der Waals surface area contributed by atoms with E-state index in [9.17, 15) is 14.4 Å². The van der Waals surface area contributed by atoms with E-state index >= 15 is 0 Å². The number of carbonyl (C=O) groups excluding carboxylic acids is 3. The molecule has 32 heavy (non-hydrogen) atoms. The van der Waals surface area contributed by atoms with E-state index in [1.54, 1.807) is 14.6 Å². The molecule has 1 fully saturated rings. The number of benzene rings is 1. The van der Waals surface area contributed by atoms with Crippen molar-refractivity contribution in [2.45, 2.75) is 52.6 Å². The molecular formula is C22H29N7O3. The Kier molecular flexibility index (Phi) is 6.40. The van der Waals surface area contributed by atoms with Crippen molar-refractivity contribution in [1.29, 1.82) is 0 Å². The molecule has 4 rings (SSSR count). The standard InChI is InChI=1S/C22H29N7O3/c1-3-4-11-23-22(32)26-27-13-18-19(14-27)25-29(21(18)24-15(2)30)17-9-7-16(8-10-17)28-12-5-6-20(28)31/h7-10H,3-6,11-14H2,1-2H3,(H,24,30)(H2,23,26,32). The van der Waals surface area contributed by atoms with E-state index in [0.29, 0.717) is 31.9 Å². The van der Waals surface area contributed by atoms with Crippen LogP contribution in [0.5, 0.6) is 0 Å². The Morgan fingerprint density at radius 1 is 1.12 bits per heavy atom. The summed E-state index contributed by atoms with van der Waals surface area (Å²) in [5.41, 5.74) is 6.15. The molecular weight excluding hydrogens is 410 g/mol. The first kappa shape index (κ1) is 21.8. The molecule has 170 valence electrons. The van der Waals surface area contributed by atoms with Gasteiger partial charge in [0.2, 0.25) is 11.8 Å². The van der Waals surface area contributed by atoms with Crippen molar-refractivity contribution in [3.8, 4) is 5.69 Å². The summed E-state index contributed by atoms with van der Waals surface area (Å²) in [4.78, 5) is 37.7. The van der Waals surface area contributed by atoms with Gasteiger partial charge in [0.05, 0.1) is 17.9 Å². The number of amides is 4. The zero-order chi connectivity index (χ0) is 22.7. The van der Waals surface area contributed by atoms with Gasteiger partial charge in [-0.25, -0.2) is 14.5 Å². The highest BCUT2D eigenvalue weighted by molar-refractivity contribution is 5.95. The molecule has 1 aromatic carbocycles. The minimum atomic E-state index is -0.246. The molecule has 3 heterocycles. The van der Waals surface area contributed by atoms with Gasteiger partial charge in [0, 0.05) is 44.2 Å². The number of hydrazine groups is 1. The number of urea groups is 1. The van der Waals surface area contributed by atoms with Crippen LogP contribution in [0.3, 0.4) is 0 Å². The number of fused-ring (bicyclic) bond motifs is 1. The maximum atomic E-state index is 12.1. The van der Waals surface area contributed by atoms with Gasteiger partial charge in [-0.1, -0.05) is 13.3 Å². The van der Waals surface area contributed by atoms with Crippen molar-refractivity contribution >= 4 is 29.4 Å². The fraction of sp³-hybridized carbons (Fsp3) is 0.455. The fourth-order valence-electron chi connectivity index (χ4n) is 4.03. The third-order valence-electron chi connectivity index (χ3n) is 5.61. The van der Waals surface area contributed by atoms with Crippen LogP contribution < -0.4 is 21.0 Å². The Hall–Kier alpha value is -3.40. The summed E-state index contributed by atoms with van der Waals surface area (Å²) in [6, 6.07) is 7.34. The van der Waals surface area contributed by atoms with Crippen molar-refractivity contribution in [2.24, 2.45) is 0 Å². The summed E-state index contributed by atoms with van der Waals surface area (Å²) in [6.45, 7) is 5.77. The lowest BCUT2D eigenvalue weighted by molar-refractivity contribution is -0.117. The molecule has 2 aliphatic rings. The Morgan fingerprint density at radius 3 is 2.53 bits per heavy atom. The van der Waals surface area contributed by atoms with Crippen LogP contribution in [0.1, 0.15) is 50.8 Å². The van der Waals surface area contributed by atoms with E-state index in [0.717, 1.165) is 48.4 Å². The Labute approximate surface area is 186 Å². The smallest absolute Gasteiger partial charge is 0.329 e. The first-order valence-corrected chi connectivity index (χ1v) is 11.0. The Morgan fingerprint density at radius 2 is 1.88 bits per heavy atom. The van der Waals surface area contributed by atoms with Crippen molar-refractivity contribution in [1.82, 2.24) is 25.5 Å². The van der Waals surface area contributed by atoms with Crippen LogP contribution in [0.4, 0.5) is 16.3 Å². The second-order valence-corrected chi connectivity index (χ2v) is 8.11. The summed E-state index contributed by atoms with van der Waals surface area (Å²) >= 11 is 0. The van der Waals surface area contributed by atoms with Crippen molar-refractivity contribution in [2.75, 3.05) is 23.3 Å². The maximum absolute atomic E-state index is 12.1. The second kappa shape index (κ2) is 9.39. The number of hydrogen-bond acceptors (Lipinski definition) is 5. The summed E-state index contributed by atoms with van der Waals surface area (Å²) in [6.07, 6.45) is 3.40. The number of hydrogen-bond donors (Lipinski definition) is 3. The van der Waals surface area contributed by atoms with Crippen LogP contribution in [0, 0.1) is 0 Å². The van der Waals surface area contributed by atoms with Crippen LogP contribution in [0.15, 0.2) is 24.3 Å². The lowest BCUT2D eigenvalue weighted by Gasteiger charge is -2.19. The Balaban J connectivity index is 1.51. The SMILES string of the molecule is CCCCNC(=O)NN1Cc2nn(-c3ccc(N4CCCC4=O)cc3)c(NC(C)=O)c2C1. The normalized spacial score (nSPS) is 15.7. The quantitative estimate of drug-likeness (QED) is 0.573. The van der Waals surface area contributed by atoms with E-state index < -0.39 is 0 Å². The maximum Gasteiger partial charge on any atom is 0.329 e.